The van der Waals surface area contributed by atoms with E-state index in [-0.39, 0.29) is 0 Å². The van der Waals surface area contributed by atoms with Crippen LogP contribution in [-0.4, -0.2) is 36.8 Å². The minimum atomic E-state index is 0.664. The molecule has 1 aromatic carbocycles. The van der Waals surface area contributed by atoms with Gasteiger partial charge in [0, 0.05) is 17.0 Å². The van der Waals surface area contributed by atoms with Crippen molar-refractivity contribution >= 4 is 22.4 Å². The van der Waals surface area contributed by atoms with Crippen LogP contribution in [0, 0.1) is 5.92 Å². The van der Waals surface area contributed by atoms with Gasteiger partial charge in [0.05, 0.1) is 31.2 Å². The number of hydrogen-bond acceptors (Lipinski definition) is 7. The van der Waals surface area contributed by atoms with Crippen LogP contribution in [0.25, 0.3) is 22.2 Å². The molecule has 1 atom stereocenters. The molecule has 31 heavy (non-hydrogen) atoms. The van der Waals surface area contributed by atoms with E-state index < -0.39 is 0 Å². The molecule has 1 unspecified atom stereocenters. The van der Waals surface area contributed by atoms with Crippen LogP contribution in [0.1, 0.15) is 19.3 Å². The molecule has 1 aromatic heterocycles. The Balaban J connectivity index is 1.36. The van der Waals surface area contributed by atoms with Gasteiger partial charge in [-0.25, -0.2) is 9.97 Å². The van der Waals surface area contributed by atoms with Gasteiger partial charge < -0.3 is 24.5 Å². The minimum absolute atomic E-state index is 0.664. The summed E-state index contributed by atoms with van der Waals surface area (Å²) in [4.78, 5) is 8.91. The molecule has 1 saturated heterocycles. The summed E-state index contributed by atoms with van der Waals surface area (Å²) in [5, 5.41) is 7.69. The second kappa shape index (κ2) is 8.81. The summed E-state index contributed by atoms with van der Waals surface area (Å²) in [7, 11) is 1.65. The average molecular weight is 418 g/mol. The quantitative estimate of drug-likeness (QED) is 0.396. The van der Waals surface area contributed by atoms with Crippen molar-refractivity contribution < 1.29 is 13.9 Å². The molecule has 2 aliphatic heterocycles. The molecule has 0 radical (unpaired) electrons. The third-order valence-corrected chi connectivity index (χ3v) is 5.84. The number of ether oxygens (including phenoxy) is 2. The number of rotatable bonds is 8. The highest BCUT2D eigenvalue weighted by Crippen LogP contribution is 2.37. The molecule has 5 rings (SSSR count). The van der Waals surface area contributed by atoms with Gasteiger partial charge in [-0.05, 0) is 68.6 Å². The van der Waals surface area contributed by atoms with Gasteiger partial charge in [-0.1, -0.05) is 0 Å². The Morgan fingerprint density at radius 1 is 1.19 bits per heavy atom. The Morgan fingerprint density at radius 2 is 2.16 bits per heavy atom. The van der Waals surface area contributed by atoms with E-state index in [1.807, 2.05) is 36.4 Å². The van der Waals surface area contributed by atoms with Gasteiger partial charge >= 0.3 is 0 Å². The van der Waals surface area contributed by atoms with Crippen molar-refractivity contribution in [3.63, 3.8) is 0 Å². The summed E-state index contributed by atoms with van der Waals surface area (Å²) in [5.74, 6) is 3.69. The predicted octanol–water partition coefficient (Wildman–Crippen LogP) is 4.85. The Hall–Kier alpha value is -3.32. The van der Waals surface area contributed by atoms with Crippen molar-refractivity contribution in [1.82, 2.24) is 15.3 Å². The van der Waals surface area contributed by atoms with Crippen molar-refractivity contribution in [3.8, 4) is 22.8 Å². The summed E-state index contributed by atoms with van der Waals surface area (Å²) in [6.45, 7) is 2.92. The number of anilines is 2. The van der Waals surface area contributed by atoms with E-state index in [4.69, 9.17) is 13.9 Å². The summed E-state index contributed by atoms with van der Waals surface area (Å²) >= 11 is 0. The summed E-state index contributed by atoms with van der Waals surface area (Å²) in [6, 6.07) is 11.7. The van der Waals surface area contributed by atoms with Gasteiger partial charge in [-0.2, -0.15) is 0 Å². The Morgan fingerprint density at radius 3 is 3.03 bits per heavy atom. The van der Waals surface area contributed by atoms with E-state index in [9.17, 15) is 0 Å². The number of nitrogens with one attached hydrogen (secondary N) is 2. The van der Waals surface area contributed by atoms with E-state index >= 15 is 0 Å². The molecule has 0 spiro atoms. The van der Waals surface area contributed by atoms with Gasteiger partial charge in [0.25, 0.3) is 0 Å². The van der Waals surface area contributed by atoms with Crippen LogP contribution >= 0.6 is 0 Å². The maximum absolute atomic E-state index is 6.06. The van der Waals surface area contributed by atoms with Gasteiger partial charge in [0.15, 0.2) is 11.5 Å². The predicted molar refractivity (Wildman–Crippen MR) is 120 cm³/mol. The average Bonchev–Trinajstić information content (AvgIpc) is 3.47. The zero-order chi connectivity index (χ0) is 21.0. The van der Waals surface area contributed by atoms with Crippen LogP contribution in [-0.2, 0) is 0 Å². The maximum Gasteiger partial charge on any atom is 0.163 e. The first-order chi connectivity index (χ1) is 15.3. The van der Waals surface area contributed by atoms with Gasteiger partial charge in [-0.15, -0.1) is 0 Å². The zero-order valence-corrected chi connectivity index (χ0v) is 17.6. The largest absolute Gasteiger partial charge is 0.493 e. The fraction of sp³-hybridized carbons (Fsp3) is 0.333. The topological polar surface area (TPSA) is 81.4 Å². The fourth-order valence-corrected chi connectivity index (χ4v) is 4.18. The standard InChI is InChI=1S/C24H26N4O3/c1-29-22-12-18-20(13-23(22)31-10-2-4-16-8-9-25-14-16)26-15-27-24(18)28-19-6-7-21-17(19)5-3-11-30-21/h3,5-7,11-13,15-16,25H,2,4,8-10,14H2,1H3,(H,26,27,28). The SMILES string of the molecule is COc1cc2c(Nc3ccc4occcc3-4)ncnc2cc1OCCCC1CCNC1. The molecule has 3 aliphatic rings. The summed E-state index contributed by atoms with van der Waals surface area (Å²) in [6.07, 6.45) is 6.70. The lowest BCUT2D eigenvalue weighted by Crippen LogP contribution is -2.10. The molecule has 7 nitrogen and oxygen atoms in total. The van der Waals surface area contributed by atoms with Crippen LogP contribution in [0.3, 0.4) is 0 Å². The van der Waals surface area contributed by atoms with E-state index in [1.165, 1.54) is 12.8 Å². The molecule has 7 heteroatoms. The molecule has 1 aliphatic carbocycles. The normalized spacial score (nSPS) is 16.1. The van der Waals surface area contributed by atoms with Crippen molar-refractivity contribution in [2.45, 2.75) is 19.3 Å². The molecular weight excluding hydrogens is 392 g/mol. The number of benzene rings is 1. The molecule has 0 amide bonds. The molecule has 3 heterocycles. The fourth-order valence-electron chi connectivity index (χ4n) is 4.18. The Labute approximate surface area is 181 Å². The molecule has 160 valence electrons. The number of methoxy groups -OCH3 is 1. The number of fused-ring (bicyclic) bond motifs is 2. The van der Waals surface area contributed by atoms with E-state index in [0.717, 1.165) is 53.3 Å². The van der Waals surface area contributed by atoms with Crippen LogP contribution in [0.4, 0.5) is 11.5 Å². The lowest BCUT2D eigenvalue weighted by Gasteiger charge is -2.14. The zero-order valence-electron chi connectivity index (χ0n) is 17.6. The van der Waals surface area contributed by atoms with Crippen LogP contribution in [0.15, 0.2) is 53.4 Å². The molecular formula is C24H26N4O3. The summed E-state index contributed by atoms with van der Waals surface area (Å²) < 4.78 is 17.2. The van der Waals surface area contributed by atoms with Crippen LogP contribution < -0.4 is 20.1 Å². The molecule has 2 N–H and O–H groups in total. The Bertz CT molecular complexity index is 1140. The van der Waals surface area contributed by atoms with E-state index in [0.29, 0.717) is 23.9 Å². The van der Waals surface area contributed by atoms with E-state index in [1.54, 1.807) is 19.7 Å². The van der Waals surface area contributed by atoms with Gasteiger partial charge in [0.1, 0.15) is 17.9 Å². The first-order valence-corrected chi connectivity index (χ1v) is 10.7. The van der Waals surface area contributed by atoms with Crippen LogP contribution in [0.5, 0.6) is 11.5 Å². The second-order valence-electron chi connectivity index (χ2n) is 7.85. The lowest BCUT2D eigenvalue weighted by molar-refractivity contribution is 0.278. The van der Waals surface area contributed by atoms with Gasteiger partial charge in [0.2, 0.25) is 0 Å². The number of aromatic nitrogens is 2. The van der Waals surface area contributed by atoms with Crippen molar-refractivity contribution in [3.05, 3.63) is 49.0 Å². The highest BCUT2D eigenvalue weighted by molar-refractivity contribution is 5.94. The first kappa shape index (κ1) is 19.6. The van der Waals surface area contributed by atoms with Crippen molar-refractivity contribution in [1.29, 1.82) is 0 Å². The molecule has 1 fully saturated rings. The Kier molecular flexibility index (Phi) is 5.58. The highest BCUT2D eigenvalue weighted by Gasteiger charge is 2.16. The monoisotopic (exact) mass is 418 g/mol. The van der Waals surface area contributed by atoms with E-state index in [2.05, 4.69) is 20.6 Å². The second-order valence-corrected chi connectivity index (χ2v) is 7.85. The van der Waals surface area contributed by atoms with Crippen molar-refractivity contribution in [2.24, 2.45) is 5.92 Å². The minimum Gasteiger partial charge on any atom is -0.493 e. The third-order valence-electron chi connectivity index (χ3n) is 5.84. The molecule has 0 bridgehead atoms. The van der Waals surface area contributed by atoms with Gasteiger partial charge in [-0.3, -0.25) is 0 Å². The molecule has 2 aromatic rings. The number of hydrogen-bond donors (Lipinski definition) is 2. The molecule has 0 saturated carbocycles. The highest BCUT2D eigenvalue weighted by atomic mass is 16.5. The number of nitrogens with zero attached hydrogens (tertiary/aromatic N) is 2. The maximum atomic E-state index is 6.06. The van der Waals surface area contributed by atoms with Crippen molar-refractivity contribution in [2.75, 3.05) is 32.1 Å². The smallest absolute Gasteiger partial charge is 0.163 e. The lowest BCUT2D eigenvalue weighted by atomic mass is 10.0. The van der Waals surface area contributed by atoms with Crippen LogP contribution in [0.2, 0.25) is 0 Å². The third kappa shape index (κ3) is 4.14. The first-order valence-electron chi connectivity index (χ1n) is 10.7. The summed E-state index contributed by atoms with van der Waals surface area (Å²) in [5.41, 5.74) is 2.73.